The minimum Gasteiger partial charge on any atom is -0.457 e. The van der Waals surface area contributed by atoms with Gasteiger partial charge in [-0.25, -0.2) is 4.18 Å². The van der Waals surface area contributed by atoms with Crippen LogP contribution in [0.1, 0.15) is 129 Å². The molecule has 0 amide bonds. The Labute approximate surface area is 349 Å². The number of aliphatic hydroxyl groups excluding tert-OH is 3. The lowest BCUT2D eigenvalue weighted by atomic mass is 9.99. The van der Waals surface area contributed by atoms with Gasteiger partial charge in [0.05, 0.1) is 19.8 Å². The second kappa shape index (κ2) is 36.2. The van der Waals surface area contributed by atoms with Gasteiger partial charge < -0.3 is 34.3 Å². The van der Waals surface area contributed by atoms with E-state index in [0.717, 1.165) is 89.9 Å². The van der Waals surface area contributed by atoms with Gasteiger partial charge >= 0.3 is 16.4 Å². The Morgan fingerprint density at radius 3 is 1.76 bits per heavy atom. The number of carbonyl (C=O) groups excluding carboxylic acids is 1. The summed E-state index contributed by atoms with van der Waals surface area (Å²) in [6, 6.07) is 0. The molecule has 6 unspecified atom stereocenters. The zero-order chi connectivity index (χ0) is 42.5. The van der Waals surface area contributed by atoms with Crippen LogP contribution in [0.2, 0.25) is 0 Å². The van der Waals surface area contributed by atoms with Crippen LogP contribution in [0.25, 0.3) is 0 Å². The fourth-order valence-electron chi connectivity index (χ4n) is 5.79. The summed E-state index contributed by atoms with van der Waals surface area (Å²) in [7, 11) is -5.07. The van der Waals surface area contributed by atoms with E-state index in [-0.39, 0.29) is 19.6 Å². The van der Waals surface area contributed by atoms with Gasteiger partial charge in [-0.05, 0) is 77.0 Å². The van der Waals surface area contributed by atoms with Crippen LogP contribution in [0.3, 0.4) is 0 Å². The molecule has 0 aromatic carbocycles. The summed E-state index contributed by atoms with van der Waals surface area (Å²) in [4.78, 5) is 12.8. The smallest absolute Gasteiger partial charge is 0.397 e. The molecule has 4 N–H and O–H groups in total. The molecule has 1 fully saturated rings. The minimum absolute atomic E-state index is 0.0128. The summed E-state index contributed by atoms with van der Waals surface area (Å²) in [5.74, 6) is -0.435. The summed E-state index contributed by atoms with van der Waals surface area (Å²) >= 11 is 0. The van der Waals surface area contributed by atoms with Crippen molar-refractivity contribution in [2.75, 3.05) is 26.4 Å². The quantitative estimate of drug-likeness (QED) is 0.0207. The van der Waals surface area contributed by atoms with E-state index in [1.807, 2.05) is 0 Å². The first-order valence-corrected chi connectivity index (χ1v) is 22.7. The lowest BCUT2D eigenvalue weighted by Crippen LogP contribution is -2.60. The first kappa shape index (κ1) is 53.3. The van der Waals surface area contributed by atoms with Gasteiger partial charge in [0, 0.05) is 13.0 Å². The van der Waals surface area contributed by atoms with Crippen LogP contribution in [0, 0.1) is 0 Å². The molecule has 0 aromatic heterocycles. The van der Waals surface area contributed by atoms with Crippen LogP contribution in [-0.4, -0.2) is 97.5 Å². The molecule has 1 aliphatic heterocycles. The second-order valence-electron chi connectivity index (χ2n) is 14.2. The highest BCUT2D eigenvalue weighted by Crippen LogP contribution is 2.26. The summed E-state index contributed by atoms with van der Waals surface area (Å²) in [5, 5.41) is 30.6. The third-order valence-corrected chi connectivity index (χ3v) is 9.47. The van der Waals surface area contributed by atoms with Crippen molar-refractivity contribution in [2.45, 2.75) is 166 Å². The normalized spacial score (nSPS) is 21.4. The maximum atomic E-state index is 12.8. The van der Waals surface area contributed by atoms with Crippen molar-refractivity contribution in [3.05, 3.63) is 85.1 Å². The van der Waals surface area contributed by atoms with E-state index in [2.05, 4.69) is 103 Å². The Morgan fingerprint density at radius 1 is 0.672 bits per heavy atom. The van der Waals surface area contributed by atoms with Crippen molar-refractivity contribution in [1.29, 1.82) is 0 Å². The zero-order valence-corrected chi connectivity index (χ0v) is 35.9. The summed E-state index contributed by atoms with van der Waals surface area (Å²) in [5.41, 5.74) is 0. The topological polar surface area (TPSA) is 178 Å². The number of esters is 1. The van der Waals surface area contributed by atoms with Gasteiger partial charge in [0.1, 0.15) is 30.5 Å². The molecule has 13 heteroatoms. The highest BCUT2D eigenvalue weighted by atomic mass is 32.3. The molecule has 0 radical (unpaired) electrons. The van der Waals surface area contributed by atoms with Gasteiger partial charge in [-0.2, -0.15) is 8.42 Å². The van der Waals surface area contributed by atoms with Crippen molar-refractivity contribution in [3.63, 3.8) is 0 Å². The molecular formula is C45H74O12S. The first-order valence-electron chi connectivity index (χ1n) is 21.3. The number of allylic oxidation sites excluding steroid dienone is 14. The number of aliphatic hydroxyl groups is 3. The summed E-state index contributed by atoms with van der Waals surface area (Å²) in [6.07, 6.45) is 37.8. The molecule has 58 heavy (non-hydrogen) atoms. The van der Waals surface area contributed by atoms with E-state index in [0.29, 0.717) is 13.0 Å². The van der Waals surface area contributed by atoms with Gasteiger partial charge in [0.2, 0.25) is 0 Å². The Balaban J connectivity index is 2.50. The average Bonchev–Trinajstić information content (AvgIpc) is 3.19. The monoisotopic (exact) mass is 838 g/mol. The predicted octanol–water partition coefficient (Wildman–Crippen LogP) is 8.51. The highest BCUT2D eigenvalue weighted by molar-refractivity contribution is 7.80. The van der Waals surface area contributed by atoms with Gasteiger partial charge in [0.25, 0.3) is 0 Å². The third kappa shape index (κ3) is 29.5. The molecule has 332 valence electrons. The molecular weight excluding hydrogens is 765 g/mol. The Morgan fingerprint density at radius 2 is 1.19 bits per heavy atom. The van der Waals surface area contributed by atoms with Crippen molar-refractivity contribution >= 4 is 16.4 Å². The number of hydrogen-bond donors (Lipinski definition) is 4. The fraction of sp³-hybridized carbons (Fsp3) is 0.667. The highest BCUT2D eigenvalue weighted by Gasteiger charge is 2.48. The summed E-state index contributed by atoms with van der Waals surface area (Å²) < 4.78 is 58.8. The largest absolute Gasteiger partial charge is 0.457 e. The lowest BCUT2D eigenvalue weighted by Gasteiger charge is -2.41. The summed E-state index contributed by atoms with van der Waals surface area (Å²) in [6.45, 7) is 3.63. The molecule has 1 rings (SSSR count). The van der Waals surface area contributed by atoms with Crippen LogP contribution in [-0.2, 0) is 38.3 Å². The van der Waals surface area contributed by atoms with E-state index in [9.17, 15) is 28.5 Å². The Bertz CT molecular complexity index is 1340. The average molecular weight is 839 g/mol. The SMILES string of the molecule is CC/C=C\C/C=C\C/C=C\C/C=C\C/C=C\C/C=C\CCCOCC(COC1OC(CO)C(O)C(OS(=O)(=O)O)C1O)OC(=O)CCCCCCC/C=C\CCCC. The zero-order valence-electron chi connectivity index (χ0n) is 35.1. The maximum absolute atomic E-state index is 12.8. The fourth-order valence-corrected chi connectivity index (χ4v) is 6.29. The molecule has 1 aliphatic rings. The molecule has 1 heterocycles. The molecule has 0 spiro atoms. The van der Waals surface area contributed by atoms with E-state index in [4.69, 9.17) is 23.5 Å². The van der Waals surface area contributed by atoms with Crippen LogP contribution >= 0.6 is 0 Å². The van der Waals surface area contributed by atoms with Crippen molar-refractivity contribution in [2.24, 2.45) is 0 Å². The third-order valence-electron chi connectivity index (χ3n) is 9.00. The van der Waals surface area contributed by atoms with Gasteiger partial charge in [-0.1, -0.05) is 131 Å². The minimum atomic E-state index is -5.07. The van der Waals surface area contributed by atoms with Crippen LogP contribution in [0.5, 0.6) is 0 Å². The number of ether oxygens (including phenoxy) is 4. The number of carbonyl (C=O) groups is 1. The molecule has 0 aliphatic carbocycles. The number of rotatable bonds is 35. The molecule has 0 aromatic rings. The van der Waals surface area contributed by atoms with Crippen LogP contribution < -0.4 is 0 Å². The Kier molecular flexibility index (Phi) is 33.2. The molecule has 0 saturated carbocycles. The lowest BCUT2D eigenvalue weighted by molar-refractivity contribution is -0.301. The van der Waals surface area contributed by atoms with E-state index in [1.54, 1.807) is 0 Å². The van der Waals surface area contributed by atoms with Crippen molar-refractivity contribution in [1.82, 2.24) is 0 Å². The molecule has 6 atom stereocenters. The van der Waals surface area contributed by atoms with E-state index >= 15 is 0 Å². The standard InChI is InChI=1S/C45H74O12S/c1-3-5-7-9-11-13-15-16-17-18-19-20-21-22-23-25-27-29-31-33-35-53-37-39(55-41(47)34-32-30-28-26-24-14-12-10-8-6-4-2)38-54-45-43(49)44(57-58(50,51)52)42(48)40(36-46)56-45/h5,7,10-13,16-17,19-20,22-23,27,29,39-40,42-46,48-49H,3-4,6,8-9,14-15,18,21,24-26,28,30-38H2,1-2H3,(H,50,51,52)/b7-5-,12-10-,13-11-,17-16-,20-19-,23-22-,29-27-. The van der Waals surface area contributed by atoms with Crippen molar-refractivity contribution in [3.8, 4) is 0 Å². The molecule has 12 nitrogen and oxygen atoms in total. The van der Waals surface area contributed by atoms with Gasteiger partial charge in [-0.15, -0.1) is 0 Å². The second-order valence-corrected chi connectivity index (χ2v) is 15.2. The maximum Gasteiger partial charge on any atom is 0.397 e. The molecule has 1 saturated heterocycles. The Hall–Kier alpha value is -2.72. The molecule has 0 bridgehead atoms. The first-order chi connectivity index (χ1) is 28.1. The van der Waals surface area contributed by atoms with Crippen molar-refractivity contribution < 1.29 is 56.2 Å². The van der Waals surface area contributed by atoms with E-state index in [1.165, 1.54) is 12.8 Å². The van der Waals surface area contributed by atoms with Crippen LogP contribution in [0.15, 0.2) is 85.1 Å². The number of unbranched alkanes of at least 4 members (excludes halogenated alkanes) is 8. The van der Waals surface area contributed by atoms with Gasteiger partial charge in [-0.3, -0.25) is 9.35 Å². The van der Waals surface area contributed by atoms with Crippen LogP contribution in [0.4, 0.5) is 0 Å². The number of hydrogen-bond acceptors (Lipinski definition) is 11. The van der Waals surface area contributed by atoms with E-state index < -0.39 is 59.8 Å². The van der Waals surface area contributed by atoms with Gasteiger partial charge in [0.15, 0.2) is 6.29 Å². The predicted molar refractivity (Wildman–Crippen MR) is 229 cm³/mol.